The second-order valence-electron chi connectivity index (χ2n) is 4.06. The number of aromatic amines is 1. The maximum Gasteiger partial charge on any atom is 0.265 e. The molecular formula is C13H9N3O2S2. The number of rotatable bonds is 5. The normalized spacial score (nSPS) is 10.6. The lowest BCUT2D eigenvalue weighted by Crippen LogP contribution is -2.17. The van der Waals surface area contributed by atoms with Gasteiger partial charge in [-0.25, -0.2) is 4.98 Å². The van der Waals surface area contributed by atoms with Crippen molar-refractivity contribution in [2.45, 2.75) is 6.42 Å². The van der Waals surface area contributed by atoms with Gasteiger partial charge in [-0.2, -0.15) is 5.10 Å². The van der Waals surface area contributed by atoms with Gasteiger partial charge in [-0.1, -0.05) is 6.07 Å². The number of carbonyl (C=O) groups is 2. The van der Waals surface area contributed by atoms with Crippen LogP contribution in [0.5, 0.6) is 0 Å². The van der Waals surface area contributed by atoms with E-state index >= 15 is 0 Å². The minimum Gasteiger partial charge on any atom is -0.290 e. The van der Waals surface area contributed by atoms with Crippen molar-refractivity contribution in [2.24, 2.45) is 0 Å². The Kier molecular flexibility index (Phi) is 3.53. The second kappa shape index (κ2) is 5.48. The van der Waals surface area contributed by atoms with E-state index in [0.29, 0.717) is 0 Å². The first-order chi connectivity index (χ1) is 9.74. The molecule has 3 aromatic rings. The monoisotopic (exact) mass is 303 g/mol. The number of hydrogen-bond donors (Lipinski definition) is 1. The van der Waals surface area contributed by atoms with Crippen molar-refractivity contribution in [3.63, 3.8) is 0 Å². The first-order valence-electron chi connectivity index (χ1n) is 5.78. The Bertz CT molecular complexity index is 730. The van der Waals surface area contributed by atoms with E-state index in [4.69, 9.17) is 0 Å². The fraction of sp³-hybridized carbons (Fsp3) is 0.0769. The molecule has 0 fully saturated rings. The summed E-state index contributed by atoms with van der Waals surface area (Å²) in [4.78, 5) is 29.6. The number of Topliss-reactive ketones (excluding diaryl/α,β-unsaturated/α-hetero) is 2. The van der Waals surface area contributed by atoms with Crippen LogP contribution in [0.4, 0.5) is 0 Å². The van der Waals surface area contributed by atoms with E-state index in [1.54, 1.807) is 22.7 Å². The number of nitrogens with one attached hydrogen (secondary N) is 1. The molecule has 0 saturated carbocycles. The van der Waals surface area contributed by atoms with E-state index in [-0.39, 0.29) is 12.2 Å². The molecule has 0 unspecified atom stereocenters. The average Bonchev–Trinajstić information content (AvgIpc) is 3.19. The van der Waals surface area contributed by atoms with Crippen molar-refractivity contribution in [1.82, 2.24) is 15.2 Å². The topological polar surface area (TPSA) is 75.7 Å². The van der Waals surface area contributed by atoms with Crippen LogP contribution in [0.15, 0.2) is 35.3 Å². The van der Waals surface area contributed by atoms with Gasteiger partial charge in [0.2, 0.25) is 5.78 Å². The summed E-state index contributed by atoms with van der Waals surface area (Å²) in [5.74, 6) is -1.13. The van der Waals surface area contributed by atoms with Crippen LogP contribution in [-0.4, -0.2) is 26.7 Å². The fourth-order valence-electron chi connectivity index (χ4n) is 1.73. The molecule has 100 valence electrons. The molecule has 7 heteroatoms. The number of hydrogen-bond acceptors (Lipinski definition) is 6. The molecule has 0 aromatic carbocycles. The Morgan fingerprint density at radius 3 is 2.85 bits per heavy atom. The van der Waals surface area contributed by atoms with Crippen molar-refractivity contribution in [3.05, 3.63) is 46.7 Å². The molecule has 20 heavy (non-hydrogen) atoms. The Labute approximate surface area is 122 Å². The Balaban J connectivity index is 1.72. The number of ketones is 2. The lowest BCUT2D eigenvalue weighted by atomic mass is 10.1. The third-order valence-electron chi connectivity index (χ3n) is 2.67. The van der Waals surface area contributed by atoms with Gasteiger partial charge in [0.1, 0.15) is 6.33 Å². The molecule has 0 radical (unpaired) electrons. The molecule has 3 rings (SSSR count). The number of carbonyl (C=O) groups excluding carboxylic acids is 2. The number of H-pyrrole nitrogens is 1. The van der Waals surface area contributed by atoms with Crippen LogP contribution in [0.3, 0.4) is 0 Å². The largest absolute Gasteiger partial charge is 0.290 e. The SMILES string of the molecule is O=C(Cc1csc(-c2cccs2)c1)C(=O)c1ncn[nH]1. The van der Waals surface area contributed by atoms with E-state index in [9.17, 15) is 9.59 Å². The summed E-state index contributed by atoms with van der Waals surface area (Å²) >= 11 is 3.22. The lowest BCUT2D eigenvalue weighted by Gasteiger charge is -1.95. The summed E-state index contributed by atoms with van der Waals surface area (Å²) in [5.41, 5.74) is 0.844. The van der Waals surface area contributed by atoms with Crippen LogP contribution >= 0.6 is 22.7 Å². The highest BCUT2D eigenvalue weighted by molar-refractivity contribution is 7.20. The Hall–Kier alpha value is -2.12. The smallest absolute Gasteiger partial charge is 0.265 e. The van der Waals surface area contributed by atoms with Gasteiger partial charge in [0, 0.05) is 16.2 Å². The molecule has 0 saturated heterocycles. The highest BCUT2D eigenvalue weighted by Gasteiger charge is 2.19. The van der Waals surface area contributed by atoms with Gasteiger partial charge in [0.25, 0.3) is 5.78 Å². The van der Waals surface area contributed by atoms with Crippen LogP contribution in [-0.2, 0) is 11.2 Å². The number of nitrogens with zero attached hydrogens (tertiary/aromatic N) is 2. The Morgan fingerprint density at radius 1 is 1.25 bits per heavy atom. The van der Waals surface area contributed by atoms with Crippen LogP contribution < -0.4 is 0 Å². The summed E-state index contributed by atoms with van der Waals surface area (Å²) in [6.45, 7) is 0. The molecule has 1 N–H and O–H groups in total. The van der Waals surface area contributed by atoms with Gasteiger partial charge in [0.15, 0.2) is 5.82 Å². The molecule has 3 aromatic heterocycles. The van der Waals surface area contributed by atoms with E-state index in [2.05, 4.69) is 15.2 Å². The summed E-state index contributed by atoms with van der Waals surface area (Å²) < 4.78 is 0. The zero-order valence-corrected chi connectivity index (χ0v) is 11.8. The maximum atomic E-state index is 11.9. The molecule has 0 spiro atoms. The van der Waals surface area contributed by atoms with Crippen molar-refractivity contribution in [2.75, 3.05) is 0 Å². The van der Waals surface area contributed by atoms with Crippen molar-refractivity contribution in [1.29, 1.82) is 0 Å². The fourth-order valence-corrected chi connectivity index (χ4v) is 3.49. The summed E-state index contributed by atoms with van der Waals surface area (Å²) in [6, 6.07) is 5.96. The maximum absolute atomic E-state index is 11.9. The van der Waals surface area contributed by atoms with Gasteiger partial charge in [0.05, 0.1) is 0 Å². The van der Waals surface area contributed by atoms with Crippen LogP contribution in [0.1, 0.15) is 16.2 Å². The van der Waals surface area contributed by atoms with Gasteiger partial charge >= 0.3 is 0 Å². The van der Waals surface area contributed by atoms with Crippen LogP contribution in [0.25, 0.3) is 9.75 Å². The predicted octanol–water partition coefficient (Wildman–Crippen LogP) is 2.59. The molecule has 0 atom stereocenters. The highest BCUT2D eigenvalue weighted by Crippen LogP contribution is 2.30. The van der Waals surface area contributed by atoms with Crippen molar-refractivity contribution < 1.29 is 9.59 Å². The van der Waals surface area contributed by atoms with Crippen LogP contribution in [0.2, 0.25) is 0 Å². The van der Waals surface area contributed by atoms with Crippen molar-refractivity contribution in [3.8, 4) is 9.75 Å². The third kappa shape index (κ3) is 2.59. The first-order valence-corrected chi connectivity index (χ1v) is 7.54. The molecule has 0 aliphatic heterocycles. The molecular weight excluding hydrogens is 294 g/mol. The summed E-state index contributed by atoms with van der Waals surface area (Å²) in [6.07, 6.45) is 1.29. The van der Waals surface area contributed by atoms with Gasteiger partial charge < -0.3 is 0 Å². The van der Waals surface area contributed by atoms with E-state index in [0.717, 1.165) is 15.3 Å². The second-order valence-corrected chi connectivity index (χ2v) is 5.92. The third-order valence-corrected chi connectivity index (χ3v) is 4.71. The van der Waals surface area contributed by atoms with Gasteiger partial charge in [-0.15, -0.1) is 22.7 Å². The van der Waals surface area contributed by atoms with Crippen molar-refractivity contribution >= 4 is 34.2 Å². The van der Waals surface area contributed by atoms with Gasteiger partial charge in [-0.05, 0) is 28.5 Å². The zero-order chi connectivity index (χ0) is 13.9. The summed E-state index contributed by atoms with van der Waals surface area (Å²) in [7, 11) is 0. The van der Waals surface area contributed by atoms with Crippen LogP contribution in [0, 0.1) is 0 Å². The minimum absolute atomic E-state index is 0.0105. The highest BCUT2D eigenvalue weighted by atomic mass is 32.1. The summed E-state index contributed by atoms with van der Waals surface area (Å²) in [5, 5.41) is 9.88. The van der Waals surface area contributed by atoms with E-state index in [1.807, 2.05) is 29.0 Å². The molecule has 0 amide bonds. The van der Waals surface area contributed by atoms with E-state index in [1.165, 1.54) is 6.33 Å². The number of thiophene rings is 2. The lowest BCUT2D eigenvalue weighted by molar-refractivity contribution is -0.114. The standard InChI is InChI=1S/C13H9N3O2S2/c17-9(12(18)13-14-7-15-16-13)4-8-5-11(20-6-8)10-2-1-3-19-10/h1-3,5-7H,4H2,(H,14,15,16). The molecule has 0 bridgehead atoms. The molecule has 5 nitrogen and oxygen atoms in total. The Morgan fingerprint density at radius 2 is 2.15 bits per heavy atom. The average molecular weight is 303 g/mol. The van der Waals surface area contributed by atoms with Gasteiger partial charge in [-0.3, -0.25) is 14.7 Å². The molecule has 0 aliphatic rings. The minimum atomic E-state index is -0.633. The quantitative estimate of drug-likeness (QED) is 0.580. The number of aromatic nitrogens is 3. The van der Waals surface area contributed by atoms with E-state index < -0.39 is 11.6 Å². The first kappa shape index (κ1) is 12.9. The molecule has 0 aliphatic carbocycles. The molecule has 3 heterocycles. The zero-order valence-electron chi connectivity index (χ0n) is 10.2. The predicted molar refractivity (Wildman–Crippen MR) is 77.1 cm³/mol.